The van der Waals surface area contributed by atoms with E-state index < -0.39 is 0 Å². The summed E-state index contributed by atoms with van der Waals surface area (Å²) in [5.74, 6) is 0.542. The zero-order valence-electron chi connectivity index (χ0n) is 24.7. The summed E-state index contributed by atoms with van der Waals surface area (Å²) < 4.78 is 0. The Morgan fingerprint density at radius 3 is 1.45 bits per heavy atom. The van der Waals surface area contributed by atoms with Gasteiger partial charge in [-0.1, -0.05) is 41.5 Å². The monoisotopic (exact) mass is 524 g/mol. The summed E-state index contributed by atoms with van der Waals surface area (Å²) >= 11 is 0. The van der Waals surface area contributed by atoms with Gasteiger partial charge < -0.3 is 20.8 Å². The molecule has 6 nitrogen and oxygen atoms in total. The smallest absolute Gasteiger partial charge is 0.164 e. The number of hydrogen-bond donors (Lipinski definition) is 3. The van der Waals surface area contributed by atoms with Crippen LogP contribution < -0.4 is 5.73 Å². The molecule has 0 unspecified atom stereocenters. The minimum absolute atomic E-state index is 0.0257. The number of rotatable bonds is 12. The van der Waals surface area contributed by atoms with Gasteiger partial charge in [-0.15, -0.1) is 0 Å². The van der Waals surface area contributed by atoms with E-state index in [-0.39, 0.29) is 33.9 Å². The third kappa shape index (κ3) is 8.40. The lowest BCUT2D eigenvalue weighted by molar-refractivity contribution is 0.0946. The third-order valence-corrected chi connectivity index (χ3v) is 7.10. The molecule has 2 aromatic rings. The number of benzene rings is 2. The quantitative estimate of drug-likeness (QED) is 0.226. The molecule has 0 aliphatic heterocycles. The van der Waals surface area contributed by atoms with Crippen molar-refractivity contribution in [2.45, 2.75) is 91.9 Å². The van der Waals surface area contributed by atoms with Gasteiger partial charge in [0.1, 0.15) is 11.5 Å². The van der Waals surface area contributed by atoms with Gasteiger partial charge in [0.25, 0.3) is 0 Å². The molecule has 2 aromatic carbocycles. The van der Waals surface area contributed by atoms with Gasteiger partial charge in [-0.25, -0.2) is 0 Å². The molecule has 210 valence electrons. The number of unbranched alkanes of at least 4 members (excludes halogenated alkanes) is 1. The van der Waals surface area contributed by atoms with E-state index in [4.69, 9.17) is 5.73 Å². The van der Waals surface area contributed by atoms with E-state index in [1.807, 2.05) is 67.5 Å². The molecule has 0 saturated heterocycles. The van der Waals surface area contributed by atoms with Crippen LogP contribution in [0.4, 0.5) is 0 Å². The molecule has 0 amide bonds. The summed E-state index contributed by atoms with van der Waals surface area (Å²) in [4.78, 5) is 28.5. The highest BCUT2D eigenvalue weighted by Crippen LogP contribution is 2.35. The molecule has 0 saturated carbocycles. The van der Waals surface area contributed by atoms with Gasteiger partial charge in [-0.2, -0.15) is 0 Å². The van der Waals surface area contributed by atoms with Gasteiger partial charge in [0, 0.05) is 48.2 Å². The highest BCUT2D eigenvalue weighted by Gasteiger charge is 2.24. The summed E-state index contributed by atoms with van der Waals surface area (Å²) in [5, 5.41) is 21.0. The van der Waals surface area contributed by atoms with E-state index in [1.165, 1.54) is 0 Å². The predicted molar refractivity (Wildman–Crippen MR) is 156 cm³/mol. The largest absolute Gasteiger partial charge is 0.507 e. The topological polar surface area (TPSA) is 104 Å². The Kier molecular flexibility index (Phi) is 10.7. The van der Waals surface area contributed by atoms with E-state index in [9.17, 15) is 19.8 Å². The average molecular weight is 525 g/mol. The Morgan fingerprint density at radius 2 is 1.11 bits per heavy atom. The van der Waals surface area contributed by atoms with Crippen molar-refractivity contribution in [1.29, 1.82) is 0 Å². The predicted octanol–water partition coefficient (Wildman–Crippen LogP) is 6.20. The minimum atomic E-state index is -0.279. The van der Waals surface area contributed by atoms with E-state index in [0.717, 1.165) is 30.5 Å². The zero-order chi connectivity index (χ0) is 28.8. The number of nitrogens with zero attached hydrogens (tertiary/aromatic N) is 1. The fourth-order valence-corrected chi connectivity index (χ4v) is 4.65. The average Bonchev–Trinajstić information content (AvgIpc) is 2.81. The van der Waals surface area contributed by atoms with Crippen LogP contribution in [-0.2, 0) is 10.8 Å². The van der Waals surface area contributed by atoms with Crippen molar-refractivity contribution in [3.63, 3.8) is 0 Å². The first kappa shape index (κ1) is 31.5. The molecule has 0 atom stereocenters. The third-order valence-electron chi connectivity index (χ3n) is 7.10. The Labute approximate surface area is 229 Å². The molecule has 0 fully saturated rings. The van der Waals surface area contributed by atoms with Crippen molar-refractivity contribution in [3.05, 3.63) is 57.6 Å². The lowest BCUT2D eigenvalue weighted by Crippen LogP contribution is -2.30. The first-order valence-electron chi connectivity index (χ1n) is 13.7. The van der Waals surface area contributed by atoms with Crippen LogP contribution in [0.15, 0.2) is 24.3 Å². The number of phenolic OH excluding ortho intramolecular Hbond substituents is 2. The number of hydrogen-bond acceptors (Lipinski definition) is 6. The van der Waals surface area contributed by atoms with Crippen molar-refractivity contribution in [1.82, 2.24) is 4.90 Å². The van der Waals surface area contributed by atoms with Crippen molar-refractivity contribution < 1.29 is 19.8 Å². The first-order valence-corrected chi connectivity index (χ1v) is 13.7. The van der Waals surface area contributed by atoms with Crippen LogP contribution in [0.1, 0.15) is 110 Å². The van der Waals surface area contributed by atoms with Crippen LogP contribution in [0.3, 0.4) is 0 Å². The summed E-state index contributed by atoms with van der Waals surface area (Å²) in [7, 11) is 0. The Morgan fingerprint density at radius 1 is 0.711 bits per heavy atom. The lowest BCUT2D eigenvalue weighted by atomic mass is 9.83. The van der Waals surface area contributed by atoms with Crippen molar-refractivity contribution in [2.24, 2.45) is 5.73 Å². The second kappa shape index (κ2) is 12.9. The van der Waals surface area contributed by atoms with Crippen LogP contribution >= 0.6 is 0 Å². The fourth-order valence-electron chi connectivity index (χ4n) is 4.65. The summed E-state index contributed by atoms with van der Waals surface area (Å²) in [6.45, 7) is 18.2. The number of carbonyl (C=O) groups excluding carboxylic acids is 2. The Hall–Kier alpha value is -2.70. The minimum Gasteiger partial charge on any atom is -0.507 e. The van der Waals surface area contributed by atoms with Gasteiger partial charge >= 0.3 is 0 Å². The van der Waals surface area contributed by atoms with E-state index in [0.29, 0.717) is 54.7 Å². The Bertz CT molecular complexity index is 1050. The van der Waals surface area contributed by atoms with Gasteiger partial charge in [-0.05, 0) is 86.0 Å². The molecule has 0 aromatic heterocycles. The van der Waals surface area contributed by atoms with Gasteiger partial charge in [0.15, 0.2) is 11.6 Å². The fraction of sp³-hybridized carbons (Fsp3) is 0.562. The van der Waals surface area contributed by atoms with Crippen LogP contribution in [-0.4, -0.2) is 52.9 Å². The molecule has 38 heavy (non-hydrogen) atoms. The maximum absolute atomic E-state index is 13.2. The van der Waals surface area contributed by atoms with Crippen molar-refractivity contribution in [3.8, 4) is 11.5 Å². The standard InChI is InChI=1S/C32H48N2O4/c1-21-17-23(19-25(29(21)37)31(3,4)5)27(35)11-15-34(14-10-9-13-33)16-12-28(36)24-18-22(2)30(38)26(20-24)32(6,7)8/h17-20,37-38H,9-16,33H2,1-8H3. The zero-order valence-corrected chi connectivity index (χ0v) is 24.7. The highest BCUT2D eigenvalue weighted by atomic mass is 16.3. The number of nitrogens with two attached hydrogens (primary N) is 1. The normalized spacial score (nSPS) is 12.3. The molecule has 0 spiro atoms. The lowest BCUT2D eigenvalue weighted by Gasteiger charge is -2.24. The summed E-state index contributed by atoms with van der Waals surface area (Å²) in [5.41, 5.74) is 9.29. The molecule has 6 heteroatoms. The SMILES string of the molecule is Cc1cc(C(=O)CCN(CCCCN)CCC(=O)c2cc(C)c(O)c(C(C)(C)C)c2)cc(C(C)(C)C)c1O. The van der Waals surface area contributed by atoms with Crippen LogP contribution in [0.25, 0.3) is 0 Å². The Balaban J connectivity index is 2.15. The van der Waals surface area contributed by atoms with Crippen molar-refractivity contribution >= 4 is 11.6 Å². The molecule has 4 N–H and O–H groups in total. The van der Waals surface area contributed by atoms with Crippen LogP contribution in [0, 0.1) is 13.8 Å². The first-order chi connectivity index (χ1) is 17.6. The highest BCUT2D eigenvalue weighted by molar-refractivity contribution is 5.97. The maximum atomic E-state index is 13.2. The molecular weight excluding hydrogens is 476 g/mol. The maximum Gasteiger partial charge on any atom is 0.164 e. The summed E-state index contributed by atoms with van der Waals surface area (Å²) in [6.07, 6.45) is 2.45. The number of aromatic hydroxyl groups is 2. The molecule has 0 bridgehead atoms. The number of carbonyl (C=O) groups is 2. The van der Waals surface area contributed by atoms with E-state index in [2.05, 4.69) is 4.90 Å². The number of aryl methyl sites for hydroxylation is 2. The second-order valence-corrected chi connectivity index (χ2v) is 12.6. The van der Waals surface area contributed by atoms with Crippen LogP contribution in [0.5, 0.6) is 11.5 Å². The van der Waals surface area contributed by atoms with Gasteiger partial charge in [-0.3, -0.25) is 9.59 Å². The van der Waals surface area contributed by atoms with Gasteiger partial charge in [0.2, 0.25) is 0 Å². The number of phenols is 2. The molecule has 0 radical (unpaired) electrons. The van der Waals surface area contributed by atoms with E-state index >= 15 is 0 Å². The van der Waals surface area contributed by atoms with Crippen molar-refractivity contribution in [2.75, 3.05) is 26.2 Å². The molecule has 2 rings (SSSR count). The van der Waals surface area contributed by atoms with E-state index in [1.54, 1.807) is 12.1 Å². The molecular formula is C32H48N2O4. The molecule has 0 aliphatic rings. The second-order valence-electron chi connectivity index (χ2n) is 12.6. The van der Waals surface area contributed by atoms with Gasteiger partial charge in [0.05, 0.1) is 0 Å². The van der Waals surface area contributed by atoms with Crippen LogP contribution in [0.2, 0.25) is 0 Å². The molecule has 0 heterocycles. The number of Topliss-reactive ketones (excluding diaryl/α,β-unsaturated/α-hetero) is 2. The summed E-state index contributed by atoms with van der Waals surface area (Å²) in [6, 6.07) is 7.14. The molecule has 0 aliphatic carbocycles. The number of ketones is 2.